The van der Waals surface area contributed by atoms with Gasteiger partial charge in [-0.25, -0.2) is 9.37 Å². The molecule has 1 saturated heterocycles. The minimum Gasteiger partial charge on any atom is -0.369 e. The third kappa shape index (κ3) is 3.62. The summed E-state index contributed by atoms with van der Waals surface area (Å²) in [7, 11) is 0. The lowest BCUT2D eigenvalue weighted by Gasteiger charge is -2.29. The van der Waals surface area contributed by atoms with Crippen molar-refractivity contribution < 1.29 is 4.39 Å². The lowest BCUT2D eigenvalue weighted by atomic mass is 10.0. The van der Waals surface area contributed by atoms with Crippen LogP contribution in [0.1, 0.15) is 5.69 Å². The van der Waals surface area contributed by atoms with Crippen molar-refractivity contribution in [2.75, 3.05) is 31.1 Å². The molecule has 0 bridgehead atoms. The highest BCUT2D eigenvalue weighted by atomic mass is 19.1. The van der Waals surface area contributed by atoms with E-state index in [-0.39, 0.29) is 5.82 Å². The Morgan fingerprint density at radius 3 is 2.55 bits per heavy atom. The second kappa shape index (κ2) is 7.98. The Kier molecular flexibility index (Phi) is 4.80. The van der Waals surface area contributed by atoms with E-state index in [9.17, 15) is 4.39 Å². The number of aryl methyl sites for hydroxylation is 1. The van der Waals surface area contributed by atoms with Gasteiger partial charge in [-0.1, -0.05) is 12.1 Å². The summed E-state index contributed by atoms with van der Waals surface area (Å²) < 4.78 is 15.8. The first-order valence-corrected chi connectivity index (χ1v) is 11.3. The number of nitrogens with one attached hydrogen (secondary N) is 1. The predicted octanol–water partition coefficient (Wildman–Crippen LogP) is 5.07. The lowest BCUT2D eigenvalue weighted by molar-refractivity contribution is 0.589. The second-order valence-corrected chi connectivity index (χ2v) is 8.54. The fraction of sp³-hybridized carbons (Fsp3) is 0.185. The highest BCUT2D eigenvalue weighted by Crippen LogP contribution is 2.31. The molecule has 3 aromatic heterocycles. The van der Waals surface area contributed by atoms with E-state index in [4.69, 9.17) is 0 Å². The molecule has 0 amide bonds. The quantitative estimate of drug-likeness (QED) is 0.428. The molecule has 2 aromatic carbocycles. The van der Waals surface area contributed by atoms with Crippen molar-refractivity contribution in [2.45, 2.75) is 6.92 Å². The number of hydrogen-bond donors (Lipinski definition) is 1. The summed E-state index contributed by atoms with van der Waals surface area (Å²) in [6.07, 6.45) is 3.94. The molecule has 0 saturated carbocycles. The van der Waals surface area contributed by atoms with Crippen molar-refractivity contribution in [3.63, 3.8) is 0 Å². The van der Waals surface area contributed by atoms with Gasteiger partial charge in [0.05, 0.1) is 17.4 Å². The van der Waals surface area contributed by atoms with Crippen LogP contribution in [0.3, 0.4) is 0 Å². The molecule has 1 aliphatic rings. The topological polar surface area (TPSA) is 45.5 Å². The van der Waals surface area contributed by atoms with Gasteiger partial charge in [-0.15, -0.1) is 0 Å². The molecule has 6 heteroatoms. The first-order chi connectivity index (χ1) is 16.2. The molecule has 164 valence electrons. The summed E-state index contributed by atoms with van der Waals surface area (Å²) in [6.45, 7) is 6.07. The zero-order valence-corrected chi connectivity index (χ0v) is 18.4. The number of rotatable bonds is 3. The molecule has 0 unspecified atom stereocenters. The Hall–Kier alpha value is -3.77. The van der Waals surface area contributed by atoms with E-state index in [1.807, 2.05) is 19.2 Å². The van der Waals surface area contributed by atoms with Gasteiger partial charge < -0.3 is 10.2 Å². The standard InChI is InChI=1S/C27H24FN5/c1-18-14-24(23-7-4-21(28)16-25(23)31-18)26-17-30-27-15-20(8-11-33(26)27)19-2-5-22(6-3-19)32-12-9-29-10-13-32/h2-8,11,14-17,29H,9-10,12-13H2,1H3. The largest absolute Gasteiger partial charge is 0.369 e. The zero-order chi connectivity index (χ0) is 22.4. The van der Waals surface area contributed by atoms with E-state index in [0.717, 1.165) is 59.7 Å². The average Bonchev–Trinajstić information content (AvgIpc) is 3.27. The fourth-order valence-electron chi connectivity index (χ4n) is 4.69. The van der Waals surface area contributed by atoms with E-state index in [1.165, 1.54) is 23.4 Å². The van der Waals surface area contributed by atoms with Crippen LogP contribution in [0, 0.1) is 12.7 Å². The molecule has 1 aliphatic heterocycles. The lowest BCUT2D eigenvalue weighted by Crippen LogP contribution is -2.43. The minimum absolute atomic E-state index is 0.280. The van der Waals surface area contributed by atoms with Crippen LogP contribution in [0.4, 0.5) is 10.1 Å². The van der Waals surface area contributed by atoms with E-state index in [0.29, 0.717) is 5.52 Å². The normalized spacial score (nSPS) is 14.3. The molecule has 0 aliphatic carbocycles. The van der Waals surface area contributed by atoms with Crippen molar-refractivity contribution in [3.05, 3.63) is 84.6 Å². The predicted molar refractivity (Wildman–Crippen MR) is 131 cm³/mol. The smallest absolute Gasteiger partial charge is 0.137 e. The number of pyridine rings is 2. The summed E-state index contributed by atoms with van der Waals surface area (Å²) in [6, 6.07) is 19.8. The van der Waals surface area contributed by atoms with Gasteiger partial charge in [-0.2, -0.15) is 0 Å². The second-order valence-electron chi connectivity index (χ2n) is 8.54. The molecule has 6 rings (SSSR count). The zero-order valence-electron chi connectivity index (χ0n) is 18.4. The van der Waals surface area contributed by atoms with Crippen LogP contribution in [0.2, 0.25) is 0 Å². The van der Waals surface area contributed by atoms with Crippen molar-refractivity contribution in [1.82, 2.24) is 19.7 Å². The van der Waals surface area contributed by atoms with Crippen LogP contribution in [-0.2, 0) is 0 Å². The average molecular weight is 438 g/mol. The molecule has 5 aromatic rings. The Bertz CT molecular complexity index is 1460. The van der Waals surface area contributed by atoms with Crippen molar-refractivity contribution in [1.29, 1.82) is 0 Å². The molecule has 5 nitrogen and oxygen atoms in total. The van der Waals surface area contributed by atoms with Crippen molar-refractivity contribution in [2.24, 2.45) is 0 Å². The Balaban J connectivity index is 1.37. The first kappa shape index (κ1) is 19.9. The fourth-order valence-corrected chi connectivity index (χ4v) is 4.69. The molecule has 0 atom stereocenters. The van der Waals surface area contributed by atoms with Gasteiger partial charge in [-0.05, 0) is 60.5 Å². The Morgan fingerprint density at radius 1 is 0.909 bits per heavy atom. The van der Waals surface area contributed by atoms with E-state index in [2.05, 4.69) is 67.2 Å². The monoisotopic (exact) mass is 437 g/mol. The van der Waals surface area contributed by atoms with Crippen LogP contribution >= 0.6 is 0 Å². The van der Waals surface area contributed by atoms with Crippen LogP contribution in [-0.4, -0.2) is 40.5 Å². The van der Waals surface area contributed by atoms with Crippen LogP contribution in [0.25, 0.3) is 38.9 Å². The van der Waals surface area contributed by atoms with Crippen LogP contribution < -0.4 is 10.2 Å². The summed E-state index contributed by atoms with van der Waals surface area (Å²) in [5, 5.41) is 4.31. The van der Waals surface area contributed by atoms with Gasteiger partial charge in [0.1, 0.15) is 11.5 Å². The number of anilines is 1. The number of piperazine rings is 1. The van der Waals surface area contributed by atoms with Gasteiger partial charge in [0.2, 0.25) is 0 Å². The molecule has 33 heavy (non-hydrogen) atoms. The first-order valence-electron chi connectivity index (χ1n) is 11.3. The third-order valence-corrected chi connectivity index (χ3v) is 6.37. The molecular formula is C27H24FN5. The maximum absolute atomic E-state index is 13.8. The van der Waals surface area contributed by atoms with Crippen LogP contribution in [0.15, 0.2) is 73.1 Å². The Labute approximate surface area is 191 Å². The Morgan fingerprint density at radius 2 is 1.73 bits per heavy atom. The van der Waals surface area contributed by atoms with Gasteiger partial charge >= 0.3 is 0 Å². The molecular weight excluding hydrogens is 413 g/mol. The molecule has 1 fully saturated rings. The van der Waals surface area contributed by atoms with Crippen molar-refractivity contribution in [3.8, 4) is 22.4 Å². The molecule has 4 heterocycles. The number of aromatic nitrogens is 3. The van der Waals surface area contributed by atoms with E-state index < -0.39 is 0 Å². The maximum Gasteiger partial charge on any atom is 0.137 e. The van der Waals surface area contributed by atoms with E-state index >= 15 is 0 Å². The van der Waals surface area contributed by atoms with Gasteiger partial charge in [0.15, 0.2) is 0 Å². The molecule has 0 spiro atoms. The highest BCUT2D eigenvalue weighted by Gasteiger charge is 2.14. The summed E-state index contributed by atoms with van der Waals surface area (Å²) in [5.74, 6) is -0.280. The van der Waals surface area contributed by atoms with Gasteiger partial charge in [-0.3, -0.25) is 9.38 Å². The number of fused-ring (bicyclic) bond motifs is 2. The number of hydrogen-bond acceptors (Lipinski definition) is 4. The van der Waals surface area contributed by atoms with E-state index in [1.54, 1.807) is 6.07 Å². The number of halogens is 1. The maximum atomic E-state index is 13.8. The van der Waals surface area contributed by atoms with Gasteiger partial charge in [0.25, 0.3) is 0 Å². The van der Waals surface area contributed by atoms with Crippen molar-refractivity contribution >= 4 is 22.2 Å². The summed E-state index contributed by atoms with van der Waals surface area (Å²) in [4.78, 5) is 11.6. The SMILES string of the molecule is Cc1cc(-c2cnc3cc(-c4ccc(N5CCNCC5)cc4)ccn23)c2ccc(F)cc2n1. The number of imidazole rings is 1. The molecule has 1 N–H and O–H groups in total. The highest BCUT2D eigenvalue weighted by molar-refractivity contribution is 5.94. The van der Waals surface area contributed by atoms with Crippen LogP contribution in [0.5, 0.6) is 0 Å². The molecule has 0 radical (unpaired) electrons. The number of benzene rings is 2. The van der Waals surface area contributed by atoms with Gasteiger partial charge in [0, 0.05) is 60.8 Å². The number of nitrogens with zero attached hydrogens (tertiary/aromatic N) is 4. The summed E-state index contributed by atoms with van der Waals surface area (Å²) >= 11 is 0. The third-order valence-electron chi connectivity index (χ3n) is 6.37. The minimum atomic E-state index is -0.280. The summed E-state index contributed by atoms with van der Waals surface area (Å²) in [5.41, 5.74) is 7.90.